The first kappa shape index (κ1) is 41.2. The van der Waals surface area contributed by atoms with Gasteiger partial charge in [-0.15, -0.1) is 0 Å². The van der Waals surface area contributed by atoms with Gasteiger partial charge in [-0.05, 0) is 32.6 Å². The van der Waals surface area contributed by atoms with Crippen molar-refractivity contribution in [1.29, 1.82) is 0 Å². The molecule has 2 heteroatoms. The van der Waals surface area contributed by atoms with Crippen LogP contribution in [0.2, 0.25) is 0 Å². The van der Waals surface area contributed by atoms with E-state index in [9.17, 15) is 0 Å². The highest BCUT2D eigenvalue weighted by molar-refractivity contribution is 4.90. The molecule has 2 nitrogen and oxygen atoms in total. The Labute approximate surface area is 278 Å². The second-order valence-electron chi connectivity index (χ2n) is 14.7. The van der Waals surface area contributed by atoms with Crippen molar-refractivity contribution < 1.29 is 4.57 Å². The Bertz CT molecular complexity index is 679. The van der Waals surface area contributed by atoms with Gasteiger partial charge in [-0.25, -0.2) is 9.55 Å². The van der Waals surface area contributed by atoms with Gasteiger partial charge in [-0.3, -0.25) is 0 Å². The summed E-state index contributed by atoms with van der Waals surface area (Å²) in [7, 11) is 0. The molecule has 1 aromatic rings. The highest BCUT2D eigenvalue weighted by Crippen LogP contribution is 2.27. The molecule has 0 radical (unpaired) electrons. The Morgan fingerprint density at radius 1 is 0.432 bits per heavy atom. The number of rotatable bonds is 35. The fraction of sp³-hybridized carbons (Fsp3) is 0.929. The lowest BCUT2D eigenvalue weighted by atomic mass is 9.92. The molecule has 0 saturated heterocycles. The van der Waals surface area contributed by atoms with Crippen LogP contribution in [-0.4, -0.2) is 4.98 Å². The Morgan fingerprint density at radius 2 is 0.727 bits per heavy atom. The van der Waals surface area contributed by atoms with Gasteiger partial charge in [0.2, 0.25) is 0 Å². The maximum atomic E-state index is 3.76. The van der Waals surface area contributed by atoms with Crippen LogP contribution in [0.4, 0.5) is 0 Å². The second kappa shape index (κ2) is 32.2. The molecule has 1 N–H and O–H groups in total. The molecular formula is C42H83N2+. The first-order chi connectivity index (χ1) is 21.7. The minimum atomic E-state index is 0.619. The van der Waals surface area contributed by atoms with Gasteiger partial charge in [0, 0.05) is 0 Å². The topological polar surface area (TPSA) is 19.7 Å². The summed E-state index contributed by atoms with van der Waals surface area (Å²) in [5, 5.41) is 0. The molecule has 0 spiro atoms. The summed E-state index contributed by atoms with van der Waals surface area (Å²) in [5.74, 6) is 2.25. The highest BCUT2D eigenvalue weighted by Gasteiger charge is 2.25. The first-order valence-electron chi connectivity index (χ1n) is 20.8. The van der Waals surface area contributed by atoms with Crippen LogP contribution in [0.5, 0.6) is 0 Å². The van der Waals surface area contributed by atoms with Gasteiger partial charge in [0.25, 0.3) is 5.82 Å². The maximum Gasteiger partial charge on any atom is 0.257 e. The molecule has 0 saturated carbocycles. The molecule has 1 heterocycles. The molecule has 0 aliphatic heterocycles. The van der Waals surface area contributed by atoms with Gasteiger partial charge >= 0.3 is 0 Å². The summed E-state index contributed by atoms with van der Waals surface area (Å²) in [5.41, 5.74) is 0. The summed E-state index contributed by atoms with van der Waals surface area (Å²) in [6.07, 6.45) is 51.6. The quantitative estimate of drug-likeness (QED) is 0.0579. The Hall–Kier alpha value is -0.790. The van der Waals surface area contributed by atoms with Crippen LogP contribution in [0.1, 0.15) is 257 Å². The van der Waals surface area contributed by atoms with Gasteiger partial charge in [0.05, 0.1) is 12.0 Å². The maximum absolute atomic E-state index is 3.76. The van der Waals surface area contributed by atoms with Crippen molar-refractivity contribution in [2.75, 3.05) is 0 Å². The zero-order valence-electron chi connectivity index (χ0n) is 31.1. The number of nitrogens with one attached hydrogen (secondary N) is 1. The molecule has 0 aliphatic carbocycles. The first-order valence-corrected chi connectivity index (χ1v) is 20.8. The lowest BCUT2D eigenvalue weighted by Crippen LogP contribution is -2.41. The van der Waals surface area contributed by atoms with Gasteiger partial charge in [-0.1, -0.05) is 207 Å². The van der Waals surface area contributed by atoms with Crippen molar-refractivity contribution in [1.82, 2.24) is 4.98 Å². The van der Waals surface area contributed by atoms with Gasteiger partial charge in [0.1, 0.15) is 12.4 Å². The molecule has 260 valence electrons. The average Bonchev–Trinajstić information content (AvgIpc) is 3.52. The molecule has 0 fully saturated rings. The lowest BCUT2D eigenvalue weighted by Gasteiger charge is -2.17. The third-order valence-corrected chi connectivity index (χ3v) is 10.4. The van der Waals surface area contributed by atoms with Crippen LogP contribution in [0, 0.1) is 0 Å². The minimum absolute atomic E-state index is 0.619. The number of aromatic nitrogens is 2. The van der Waals surface area contributed by atoms with Gasteiger partial charge in [-0.2, -0.15) is 0 Å². The van der Waals surface area contributed by atoms with E-state index < -0.39 is 0 Å². The molecule has 2 atom stereocenters. The fourth-order valence-corrected chi connectivity index (χ4v) is 7.31. The number of imidazole rings is 1. The summed E-state index contributed by atoms with van der Waals surface area (Å²) in [6.45, 7) is 9.42. The number of nitrogens with zero attached hydrogens (tertiary/aromatic N) is 1. The van der Waals surface area contributed by atoms with Crippen molar-refractivity contribution in [3.05, 3.63) is 18.2 Å². The number of unbranched alkanes of at least 4 members (excludes halogenated alkanes) is 27. The van der Waals surface area contributed by atoms with Crippen molar-refractivity contribution >= 4 is 0 Å². The van der Waals surface area contributed by atoms with E-state index in [1.54, 1.807) is 0 Å². The summed E-state index contributed by atoms with van der Waals surface area (Å²) >= 11 is 0. The van der Waals surface area contributed by atoms with Gasteiger partial charge in [0.15, 0.2) is 0 Å². The Kier molecular flexibility index (Phi) is 30.1. The zero-order chi connectivity index (χ0) is 31.8. The van der Waals surface area contributed by atoms with Crippen molar-refractivity contribution in [2.45, 2.75) is 252 Å². The predicted octanol–water partition coefficient (Wildman–Crippen LogP) is 14.9. The summed E-state index contributed by atoms with van der Waals surface area (Å²) in [4.78, 5) is 3.76. The molecule has 44 heavy (non-hydrogen) atoms. The average molecular weight is 616 g/mol. The van der Waals surface area contributed by atoms with Crippen molar-refractivity contribution in [3.8, 4) is 0 Å². The van der Waals surface area contributed by atoms with Crippen molar-refractivity contribution in [3.63, 3.8) is 0 Å². The minimum Gasteiger partial charge on any atom is -0.247 e. The summed E-state index contributed by atoms with van der Waals surface area (Å²) < 4.78 is 2.64. The molecule has 0 bridgehead atoms. The summed E-state index contributed by atoms with van der Waals surface area (Å²) in [6, 6.07) is 0.619. The van der Waals surface area contributed by atoms with Crippen LogP contribution < -0.4 is 4.57 Å². The monoisotopic (exact) mass is 616 g/mol. The van der Waals surface area contributed by atoms with E-state index in [4.69, 9.17) is 0 Å². The molecular weight excluding hydrogens is 532 g/mol. The van der Waals surface area contributed by atoms with Crippen LogP contribution in [0.25, 0.3) is 0 Å². The molecule has 0 aliphatic rings. The van der Waals surface area contributed by atoms with Gasteiger partial charge < -0.3 is 0 Å². The Morgan fingerprint density at radius 3 is 1.07 bits per heavy atom. The standard InChI is InChI=1S/C42H82N2/c1-5-8-11-14-17-20-22-25-28-31-34-37-41(36-33-30-27-24-21-18-15-12-9-6-2)42-43-38-39-44(42)40(4)35-32-29-26-23-19-16-13-10-7-3/h38-41H,5-37H2,1-4H3/p+1. The SMILES string of the molecule is CCCCCCCCCCCCCC(CCCCCCCCCCCC)c1[nH]cc[n+]1C(C)CCCCCCCCCCC. The highest BCUT2D eigenvalue weighted by atomic mass is 15.1. The van der Waals surface area contributed by atoms with E-state index in [0.29, 0.717) is 12.0 Å². The fourth-order valence-electron chi connectivity index (χ4n) is 7.31. The number of aromatic amines is 1. The predicted molar refractivity (Wildman–Crippen MR) is 198 cm³/mol. The number of hydrogen-bond donors (Lipinski definition) is 1. The largest absolute Gasteiger partial charge is 0.257 e. The third kappa shape index (κ3) is 23.5. The van der Waals surface area contributed by atoms with Crippen LogP contribution >= 0.6 is 0 Å². The zero-order valence-corrected chi connectivity index (χ0v) is 31.1. The van der Waals surface area contributed by atoms with Crippen molar-refractivity contribution in [2.24, 2.45) is 0 Å². The molecule has 0 amide bonds. The lowest BCUT2D eigenvalue weighted by molar-refractivity contribution is -0.727. The smallest absolute Gasteiger partial charge is 0.247 e. The van der Waals surface area contributed by atoms with E-state index in [1.165, 1.54) is 218 Å². The molecule has 1 aromatic heterocycles. The van der Waals surface area contributed by atoms with Crippen LogP contribution in [0.15, 0.2) is 12.4 Å². The van der Waals surface area contributed by atoms with Crippen LogP contribution in [0.3, 0.4) is 0 Å². The van der Waals surface area contributed by atoms with E-state index in [2.05, 4.69) is 49.6 Å². The Balaban J connectivity index is 2.43. The van der Waals surface area contributed by atoms with E-state index in [-0.39, 0.29) is 0 Å². The second-order valence-corrected chi connectivity index (χ2v) is 14.7. The molecule has 2 unspecified atom stereocenters. The third-order valence-electron chi connectivity index (χ3n) is 10.4. The number of H-pyrrole nitrogens is 1. The molecule has 0 aromatic carbocycles. The number of hydrogen-bond acceptors (Lipinski definition) is 0. The van der Waals surface area contributed by atoms with E-state index >= 15 is 0 Å². The van der Waals surface area contributed by atoms with E-state index in [0.717, 1.165) is 0 Å². The molecule has 1 rings (SSSR count). The normalized spacial score (nSPS) is 13.1. The van der Waals surface area contributed by atoms with E-state index in [1.807, 2.05) is 0 Å². The van der Waals surface area contributed by atoms with Crippen LogP contribution in [-0.2, 0) is 0 Å².